The lowest BCUT2D eigenvalue weighted by atomic mass is 9.91. The second kappa shape index (κ2) is 13.6. The third-order valence-corrected chi connectivity index (χ3v) is 5.39. The molecule has 1 aromatic heterocycles. The third-order valence-electron chi connectivity index (χ3n) is 5.39. The standard InChI is InChI=1S/C24H35F3N8O3/c1-14-7-18(38-19-10-24(26,27)11-19)8-17(33-14)9-22(36)34-21(30)6-5-16(28)4-3-15(25)12-35(31)13-20(29)23(37)32-2/h5-8,13,15,19H,3-4,9-12,28-31H2,1-2H3,(H,32,37)(H,34,36)/b16-5-,20-13-,21-6+/t15-/m1/s1. The van der Waals surface area contributed by atoms with Crippen LogP contribution in [0.2, 0.25) is 0 Å². The first-order valence-electron chi connectivity index (χ1n) is 11.8. The van der Waals surface area contributed by atoms with Crippen molar-refractivity contribution in [3.8, 4) is 5.75 Å². The summed E-state index contributed by atoms with van der Waals surface area (Å²) in [5.74, 6) is 2.33. The quantitative estimate of drug-likeness (QED) is 0.0906. The van der Waals surface area contributed by atoms with Crippen LogP contribution in [0.15, 0.2) is 47.7 Å². The van der Waals surface area contributed by atoms with Gasteiger partial charge in [-0.2, -0.15) is 0 Å². The maximum Gasteiger partial charge on any atom is 0.268 e. The van der Waals surface area contributed by atoms with Gasteiger partial charge in [-0.3, -0.25) is 14.6 Å². The van der Waals surface area contributed by atoms with Crippen LogP contribution in [0.1, 0.15) is 37.1 Å². The van der Waals surface area contributed by atoms with Crippen LogP contribution in [-0.2, 0) is 16.0 Å². The number of pyridine rings is 1. The monoisotopic (exact) mass is 540 g/mol. The minimum Gasteiger partial charge on any atom is -0.490 e. The Bertz CT molecular complexity index is 1090. The van der Waals surface area contributed by atoms with Gasteiger partial charge in [0.1, 0.15) is 29.5 Å². The first-order valence-corrected chi connectivity index (χ1v) is 11.8. The zero-order valence-electron chi connectivity index (χ0n) is 21.3. The molecule has 0 aliphatic heterocycles. The summed E-state index contributed by atoms with van der Waals surface area (Å²) < 4.78 is 45.8. The molecule has 1 aromatic rings. The average molecular weight is 541 g/mol. The van der Waals surface area contributed by atoms with Crippen LogP contribution in [-0.4, -0.2) is 53.6 Å². The Morgan fingerprint density at radius 3 is 2.58 bits per heavy atom. The molecule has 210 valence electrons. The second-order valence-corrected chi connectivity index (χ2v) is 9.02. The van der Waals surface area contributed by atoms with Gasteiger partial charge in [-0.15, -0.1) is 0 Å². The van der Waals surface area contributed by atoms with Crippen LogP contribution in [0.5, 0.6) is 5.75 Å². The lowest BCUT2D eigenvalue weighted by Gasteiger charge is -2.34. The van der Waals surface area contributed by atoms with Crippen LogP contribution >= 0.6 is 0 Å². The summed E-state index contributed by atoms with van der Waals surface area (Å²) in [5.41, 5.74) is 18.3. The van der Waals surface area contributed by atoms with Gasteiger partial charge in [0, 0.05) is 49.6 Å². The average Bonchev–Trinajstić information content (AvgIpc) is 2.78. The van der Waals surface area contributed by atoms with Gasteiger partial charge in [-0.1, -0.05) is 0 Å². The highest BCUT2D eigenvalue weighted by atomic mass is 19.3. The number of nitrogens with two attached hydrogens (primary N) is 4. The fourth-order valence-electron chi connectivity index (χ4n) is 3.51. The number of hydrazine groups is 1. The molecule has 1 saturated carbocycles. The number of likely N-dealkylation sites (N-methyl/N-ethyl adjacent to an activating group) is 1. The van der Waals surface area contributed by atoms with Gasteiger partial charge in [0.25, 0.3) is 11.8 Å². The molecule has 1 heterocycles. The highest BCUT2D eigenvalue weighted by Gasteiger charge is 2.47. The van der Waals surface area contributed by atoms with E-state index in [9.17, 15) is 22.8 Å². The maximum atomic E-state index is 14.2. The number of halogens is 3. The summed E-state index contributed by atoms with van der Waals surface area (Å²) in [7, 11) is 1.40. The smallest absolute Gasteiger partial charge is 0.268 e. The molecule has 2 amide bonds. The highest BCUT2D eigenvalue weighted by molar-refractivity contribution is 5.91. The van der Waals surface area contributed by atoms with Gasteiger partial charge in [0.2, 0.25) is 5.91 Å². The molecule has 14 heteroatoms. The Hall–Kier alpha value is -3.94. The summed E-state index contributed by atoms with van der Waals surface area (Å²) in [5, 5.41) is 5.79. The first kappa shape index (κ1) is 30.3. The van der Waals surface area contributed by atoms with E-state index in [-0.39, 0.29) is 50.2 Å². The molecule has 38 heavy (non-hydrogen) atoms. The van der Waals surface area contributed by atoms with E-state index >= 15 is 0 Å². The Balaban J connectivity index is 1.80. The number of aryl methyl sites for hydroxylation is 1. The number of carbonyl (C=O) groups excluding carboxylic acids is 2. The van der Waals surface area contributed by atoms with Gasteiger partial charge in [0.05, 0.1) is 18.7 Å². The number of nitrogens with zero attached hydrogens (tertiary/aromatic N) is 2. The number of allylic oxidation sites excluding steroid dienone is 3. The summed E-state index contributed by atoms with van der Waals surface area (Å²) in [6.45, 7) is 1.50. The van der Waals surface area contributed by atoms with Crippen LogP contribution < -0.4 is 38.4 Å². The zero-order valence-corrected chi connectivity index (χ0v) is 21.3. The molecule has 0 radical (unpaired) electrons. The predicted octanol–water partition coefficient (Wildman–Crippen LogP) is 0.708. The molecule has 0 aromatic carbocycles. The predicted molar refractivity (Wildman–Crippen MR) is 135 cm³/mol. The number of rotatable bonds is 13. The van der Waals surface area contributed by atoms with E-state index in [1.807, 2.05) is 0 Å². The topological polar surface area (TPSA) is 188 Å². The van der Waals surface area contributed by atoms with Crippen molar-refractivity contribution in [3.63, 3.8) is 0 Å². The number of hydrogen-bond acceptors (Lipinski definition) is 9. The summed E-state index contributed by atoms with van der Waals surface area (Å²) in [6, 6.07) is 3.14. The molecule has 10 N–H and O–H groups in total. The van der Waals surface area contributed by atoms with Gasteiger partial charge < -0.3 is 37.6 Å². The van der Waals surface area contributed by atoms with Gasteiger partial charge in [-0.25, -0.2) is 19.0 Å². The van der Waals surface area contributed by atoms with Crippen molar-refractivity contribution < 1.29 is 27.5 Å². The Labute approximate surface area is 219 Å². The lowest BCUT2D eigenvalue weighted by Crippen LogP contribution is -2.43. The zero-order chi connectivity index (χ0) is 28.5. The lowest BCUT2D eigenvalue weighted by molar-refractivity contribution is -0.134. The Kier molecular flexibility index (Phi) is 10.8. The van der Waals surface area contributed by atoms with Gasteiger partial charge >= 0.3 is 0 Å². The number of hydrogen-bond donors (Lipinski definition) is 6. The van der Waals surface area contributed by atoms with Crippen molar-refractivity contribution in [1.29, 1.82) is 0 Å². The normalized spacial score (nSPS) is 16.8. The van der Waals surface area contributed by atoms with E-state index < -0.39 is 30.0 Å². The minimum absolute atomic E-state index is 0.0125. The molecule has 1 aliphatic rings. The second-order valence-electron chi connectivity index (χ2n) is 9.02. The van der Waals surface area contributed by atoms with Crippen molar-refractivity contribution in [2.75, 3.05) is 13.6 Å². The largest absolute Gasteiger partial charge is 0.490 e. The number of carbonyl (C=O) groups is 2. The third kappa shape index (κ3) is 10.6. The van der Waals surface area contributed by atoms with Crippen LogP contribution in [0, 0.1) is 6.92 Å². The molecule has 0 saturated heterocycles. The molecule has 0 unspecified atom stereocenters. The van der Waals surface area contributed by atoms with Crippen LogP contribution in [0.3, 0.4) is 0 Å². The van der Waals surface area contributed by atoms with Gasteiger partial charge in [0.15, 0.2) is 0 Å². The first-order chi connectivity index (χ1) is 17.8. The van der Waals surface area contributed by atoms with E-state index in [1.165, 1.54) is 25.3 Å². The molecule has 0 bridgehead atoms. The number of amides is 2. The molecule has 11 nitrogen and oxygen atoms in total. The van der Waals surface area contributed by atoms with Crippen molar-refractivity contribution in [1.82, 2.24) is 20.6 Å². The fourth-order valence-corrected chi connectivity index (χ4v) is 3.51. The molecule has 2 rings (SSSR count). The summed E-state index contributed by atoms with van der Waals surface area (Å²) in [4.78, 5) is 28.0. The summed E-state index contributed by atoms with van der Waals surface area (Å²) >= 11 is 0. The van der Waals surface area contributed by atoms with Gasteiger partial charge in [-0.05, 0) is 31.9 Å². The van der Waals surface area contributed by atoms with Crippen LogP contribution in [0.25, 0.3) is 0 Å². The molecule has 1 fully saturated rings. The molecular weight excluding hydrogens is 505 g/mol. The van der Waals surface area contributed by atoms with E-state index in [0.717, 1.165) is 11.2 Å². The molecular formula is C24H35F3N8O3. The van der Waals surface area contributed by atoms with E-state index in [2.05, 4.69) is 15.6 Å². The highest BCUT2D eigenvalue weighted by Crippen LogP contribution is 2.39. The van der Waals surface area contributed by atoms with E-state index in [0.29, 0.717) is 22.8 Å². The fraction of sp³-hybridized carbons (Fsp3) is 0.458. The van der Waals surface area contributed by atoms with Crippen LogP contribution in [0.4, 0.5) is 13.2 Å². The SMILES string of the molecule is CNC(=O)/C(N)=C/N(N)C[C@H](F)CC/C(N)=C/C=C(\N)NC(=O)Cc1cc(OC2CC(F)(F)C2)cc(C)n1. The van der Waals surface area contributed by atoms with Crippen molar-refractivity contribution in [2.45, 2.75) is 57.2 Å². The van der Waals surface area contributed by atoms with Crippen molar-refractivity contribution >= 4 is 11.8 Å². The molecule has 0 spiro atoms. The Morgan fingerprint density at radius 1 is 1.26 bits per heavy atom. The minimum atomic E-state index is -2.70. The van der Waals surface area contributed by atoms with E-state index in [4.69, 9.17) is 27.8 Å². The molecule has 1 aliphatic carbocycles. The summed E-state index contributed by atoms with van der Waals surface area (Å²) in [6.07, 6.45) is 1.45. The van der Waals surface area contributed by atoms with Crippen molar-refractivity contribution in [2.24, 2.45) is 23.0 Å². The number of aromatic nitrogens is 1. The maximum absolute atomic E-state index is 14.2. The van der Waals surface area contributed by atoms with E-state index in [1.54, 1.807) is 13.0 Å². The Morgan fingerprint density at radius 2 is 1.95 bits per heavy atom. The van der Waals surface area contributed by atoms with Crippen molar-refractivity contribution in [3.05, 3.63) is 59.1 Å². The number of alkyl halides is 3. The number of nitrogens with one attached hydrogen (secondary N) is 2. The molecule has 1 atom stereocenters. The number of ether oxygens (including phenoxy) is 1.